The number of rotatable bonds is 6. The van der Waals surface area contributed by atoms with Gasteiger partial charge < -0.3 is 9.64 Å². The van der Waals surface area contributed by atoms with Crippen molar-refractivity contribution in [1.29, 1.82) is 0 Å². The molecule has 1 fully saturated rings. The van der Waals surface area contributed by atoms with Gasteiger partial charge in [-0.25, -0.2) is 0 Å². The number of carbonyl (C=O) groups is 1. The van der Waals surface area contributed by atoms with E-state index in [4.69, 9.17) is 4.74 Å². The number of aromatic nitrogens is 4. The van der Waals surface area contributed by atoms with Crippen LogP contribution in [0.2, 0.25) is 0 Å². The van der Waals surface area contributed by atoms with E-state index in [0.717, 1.165) is 37.4 Å². The molecule has 25 heavy (non-hydrogen) atoms. The van der Waals surface area contributed by atoms with Crippen molar-refractivity contribution in [2.75, 3.05) is 25.4 Å². The highest BCUT2D eigenvalue weighted by atomic mass is 32.2. The molecule has 0 N–H and O–H groups in total. The Bertz CT molecular complexity index is 713. The van der Waals surface area contributed by atoms with Crippen LogP contribution in [0.1, 0.15) is 26.7 Å². The van der Waals surface area contributed by atoms with E-state index < -0.39 is 0 Å². The van der Waals surface area contributed by atoms with Crippen LogP contribution in [-0.2, 0) is 4.79 Å². The zero-order valence-corrected chi connectivity index (χ0v) is 15.4. The molecular formula is C17H23N5O2S. The minimum absolute atomic E-state index is 0.143. The van der Waals surface area contributed by atoms with E-state index in [0.29, 0.717) is 23.4 Å². The summed E-state index contributed by atoms with van der Waals surface area (Å²) in [6.07, 6.45) is 2.16. The first kappa shape index (κ1) is 17.7. The third-order valence-corrected chi connectivity index (χ3v) is 5.20. The van der Waals surface area contributed by atoms with Crippen LogP contribution >= 0.6 is 11.8 Å². The molecule has 1 aliphatic rings. The molecule has 1 aromatic heterocycles. The van der Waals surface area contributed by atoms with Crippen molar-refractivity contribution in [3.8, 4) is 11.4 Å². The van der Waals surface area contributed by atoms with Gasteiger partial charge in [0, 0.05) is 13.1 Å². The fraction of sp³-hybridized carbons (Fsp3) is 0.529. The van der Waals surface area contributed by atoms with Crippen LogP contribution in [0.15, 0.2) is 29.4 Å². The topological polar surface area (TPSA) is 73.1 Å². The summed E-state index contributed by atoms with van der Waals surface area (Å²) in [4.78, 5) is 14.4. The maximum atomic E-state index is 12.4. The van der Waals surface area contributed by atoms with Crippen molar-refractivity contribution in [3.05, 3.63) is 24.3 Å². The lowest BCUT2D eigenvalue weighted by Gasteiger charge is -2.30. The highest BCUT2D eigenvalue weighted by Gasteiger charge is 2.21. The Morgan fingerprint density at radius 3 is 2.84 bits per heavy atom. The summed E-state index contributed by atoms with van der Waals surface area (Å²) in [5.74, 6) is 1.91. The van der Waals surface area contributed by atoms with Crippen LogP contribution in [0.25, 0.3) is 5.69 Å². The predicted molar refractivity (Wildman–Crippen MR) is 96.0 cm³/mol. The number of para-hydroxylation sites is 2. The maximum Gasteiger partial charge on any atom is 0.233 e. The number of tetrazole rings is 1. The lowest BCUT2D eigenvalue weighted by molar-refractivity contribution is -0.129. The molecule has 0 radical (unpaired) electrons. The molecule has 1 aliphatic heterocycles. The van der Waals surface area contributed by atoms with Gasteiger partial charge in [-0.2, -0.15) is 4.68 Å². The Morgan fingerprint density at radius 2 is 2.08 bits per heavy atom. The molecule has 2 heterocycles. The number of benzene rings is 1. The summed E-state index contributed by atoms with van der Waals surface area (Å²) >= 11 is 1.36. The lowest BCUT2D eigenvalue weighted by Crippen LogP contribution is -2.38. The van der Waals surface area contributed by atoms with Gasteiger partial charge in [-0.3, -0.25) is 4.79 Å². The molecule has 134 valence electrons. The van der Waals surface area contributed by atoms with Crippen molar-refractivity contribution >= 4 is 17.7 Å². The van der Waals surface area contributed by atoms with Crippen molar-refractivity contribution < 1.29 is 9.53 Å². The average Bonchev–Trinajstić information content (AvgIpc) is 3.09. The number of nitrogens with zero attached hydrogens (tertiary/aromatic N) is 5. The van der Waals surface area contributed by atoms with Gasteiger partial charge in [-0.1, -0.05) is 30.8 Å². The van der Waals surface area contributed by atoms with Gasteiger partial charge in [-0.15, -0.1) is 5.10 Å². The van der Waals surface area contributed by atoms with E-state index in [2.05, 4.69) is 22.4 Å². The Hall–Kier alpha value is -2.09. The van der Waals surface area contributed by atoms with Crippen molar-refractivity contribution in [2.24, 2.45) is 5.92 Å². The molecule has 1 aromatic carbocycles. The van der Waals surface area contributed by atoms with E-state index in [9.17, 15) is 4.79 Å². The SMILES string of the molecule is CCOc1ccccc1-n1nnnc1SCC(=O)N1CCC(C)CC1. The van der Waals surface area contributed by atoms with E-state index in [1.54, 1.807) is 4.68 Å². The summed E-state index contributed by atoms with van der Waals surface area (Å²) in [5.41, 5.74) is 0.774. The first-order valence-electron chi connectivity index (χ1n) is 8.60. The molecule has 0 bridgehead atoms. The van der Waals surface area contributed by atoms with E-state index in [1.165, 1.54) is 11.8 Å². The third-order valence-electron chi connectivity index (χ3n) is 4.30. The molecule has 8 heteroatoms. The van der Waals surface area contributed by atoms with E-state index in [-0.39, 0.29) is 5.91 Å². The molecule has 1 saturated heterocycles. The van der Waals surface area contributed by atoms with Crippen LogP contribution in [0.5, 0.6) is 5.75 Å². The van der Waals surface area contributed by atoms with Crippen LogP contribution in [0.3, 0.4) is 0 Å². The quantitative estimate of drug-likeness (QED) is 0.736. The molecule has 0 spiro atoms. The highest BCUT2D eigenvalue weighted by molar-refractivity contribution is 7.99. The van der Waals surface area contributed by atoms with E-state index >= 15 is 0 Å². The molecule has 7 nitrogen and oxygen atoms in total. The number of hydrogen-bond acceptors (Lipinski definition) is 6. The number of likely N-dealkylation sites (tertiary alicyclic amines) is 1. The minimum atomic E-state index is 0.143. The monoisotopic (exact) mass is 361 g/mol. The summed E-state index contributed by atoms with van der Waals surface area (Å²) in [5, 5.41) is 12.5. The molecule has 2 aromatic rings. The number of amides is 1. The first-order chi connectivity index (χ1) is 12.2. The van der Waals surface area contributed by atoms with Crippen molar-refractivity contribution in [1.82, 2.24) is 25.1 Å². The van der Waals surface area contributed by atoms with Gasteiger partial charge in [-0.05, 0) is 48.2 Å². The second-order valence-corrected chi connectivity index (χ2v) is 7.07. The molecule has 0 unspecified atom stereocenters. The normalized spacial score (nSPS) is 15.4. The van der Waals surface area contributed by atoms with Gasteiger partial charge in [0.2, 0.25) is 11.1 Å². The Labute approximate surface area is 151 Å². The van der Waals surface area contributed by atoms with Crippen LogP contribution in [0, 0.1) is 5.92 Å². The standard InChI is InChI=1S/C17H23N5O2S/c1-3-24-15-7-5-4-6-14(15)22-17(18-19-20-22)25-12-16(23)21-10-8-13(2)9-11-21/h4-7,13H,3,8-12H2,1-2H3. The third kappa shape index (κ3) is 4.31. The fourth-order valence-electron chi connectivity index (χ4n) is 2.81. The van der Waals surface area contributed by atoms with Crippen LogP contribution < -0.4 is 4.74 Å². The van der Waals surface area contributed by atoms with Gasteiger partial charge in [0.1, 0.15) is 11.4 Å². The first-order valence-corrected chi connectivity index (χ1v) is 9.58. The number of carbonyl (C=O) groups excluding carboxylic acids is 1. The van der Waals surface area contributed by atoms with Crippen molar-refractivity contribution in [2.45, 2.75) is 31.8 Å². The summed E-state index contributed by atoms with van der Waals surface area (Å²) in [7, 11) is 0. The smallest absolute Gasteiger partial charge is 0.233 e. The number of ether oxygens (including phenoxy) is 1. The maximum absolute atomic E-state index is 12.4. The molecule has 0 saturated carbocycles. The molecule has 3 rings (SSSR count). The Morgan fingerprint density at radius 1 is 1.32 bits per heavy atom. The van der Waals surface area contributed by atoms with Gasteiger partial charge in [0.05, 0.1) is 12.4 Å². The van der Waals surface area contributed by atoms with E-state index in [1.807, 2.05) is 36.1 Å². The second-order valence-electron chi connectivity index (χ2n) is 6.13. The predicted octanol–water partition coefficient (Wildman–Crippen LogP) is 2.41. The summed E-state index contributed by atoms with van der Waals surface area (Å²) in [6, 6.07) is 7.61. The Balaban J connectivity index is 1.67. The molecule has 1 amide bonds. The molecule has 0 aliphatic carbocycles. The Kier molecular flexibility index (Phi) is 5.91. The fourth-order valence-corrected chi connectivity index (χ4v) is 3.59. The highest BCUT2D eigenvalue weighted by Crippen LogP contribution is 2.26. The zero-order valence-electron chi connectivity index (χ0n) is 14.6. The number of piperidine rings is 1. The molecule has 0 atom stereocenters. The summed E-state index contributed by atoms with van der Waals surface area (Å²) < 4.78 is 7.27. The van der Waals surface area contributed by atoms with Gasteiger partial charge >= 0.3 is 0 Å². The largest absolute Gasteiger partial charge is 0.492 e. The van der Waals surface area contributed by atoms with Crippen molar-refractivity contribution in [3.63, 3.8) is 0 Å². The second kappa shape index (κ2) is 8.33. The number of hydrogen-bond donors (Lipinski definition) is 0. The minimum Gasteiger partial charge on any atom is -0.492 e. The average molecular weight is 361 g/mol. The van der Waals surface area contributed by atoms with Crippen LogP contribution in [-0.4, -0.2) is 56.5 Å². The van der Waals surface area contributed by atoms with Crippen LogP contribution in [0.4, 0.5) is 0 Å². The molecular weight excluding hydrogens is 338 g/mol. The zero-order chi connectivity index (χ0) is 17.6. The van der Waals surface area contributed by atoms with Gasteiger partial charge in [0.25, 0.3) is 0 Å². The number of thioether (sulfide) groups is 1. The lowest BCUT2D eigenvalue weighted by atomic mass is 9.99. The summed E-state index contributed by atoms with van der Waals surface area (Å²) in [6.45, 7) is 6.43. The van der Waals surface area contributed by atoms with Gasteiger partial charge in [0.15, 0.2) is 0 Å².